The van der Waals surface area contributed by atoms with Gasteiger partial charge >= 0.3 is 0 Å². The molecule has 0 saturated carbocycles. The van der Waals surface area contributed by atoms with Gasteiger partial charge < -0.3 is 9.73 Å². The molecule has 3 heterocycles. The lowest BCUT2D eigenvalue weighted by Gasteiger charge is -2.31. The number of carbonyl (C=O) groups is 1. The Balaban J connectivity index is 1.19. The summed E-state index contributed by atoms with van der Waals surface area (Å²) in [5.41, 5.74) is 5.75. The summed E-state index contributed by atoms with van der Waals surface area (Å²) in [7, 11) is 0. The summed E-state index contributed by atoms with van der Waals surface area (Å²) >= 11 is 0. The zero-order chi connectivity index (χ0) is 20.5. The first-order valence-electron chi connectivity index (χ1n) is 11.0. The van der Waals surface area contributed by atoms with E-state index in [1.54, 1.807) is 6.33 Å². The van der Waals surface area contributed by atoms with Crippen LogP contribution < -0.4 is 5.32 Å². The highest BCUT2D eigenvalue weighted by Crippen LogP contribution is 2.34. The fourth-order valence-corrected chi connectivity index (χ4v) is 4.88. The Bertz CT molecular complexity index is 1070. The number of furan rings is 1. The minimum absolute atomic E-state index is 0.0179. The van der Waals surface area contributed by atoms with Crippen molar-refractivity contribution in [2.24, 2.45) is 0 Å². The quantitative estimate of drug-likeness (QED) is 0.705. The molecule has 5 rings (SSSR count). The van der Waals surface area contributed by atoms with Crippen LogP contribution in [-0.4, -0.2) is 40.4 Å². The monoisotopic (exact) mass is 404 g/mol. The van der Waals surface area contributed by atoms with Gasteiger partial charge in [0.05, 0.1) is 12.8 Å². The second-order valence-corrected chi connectivity index (χ2v) is 8.64. The molecule has 0 bridgehead atoms. The zero-order valence-corrected chi connectivity index (χ0v) is 17.5. The number of hydrogen-bond acceptors (Lipinski definition) is 5. The van der Waals surface area contributed by atoms with Gasteiger partial charge in [0.1, 0.15) is 17.7 Å². The number of anilines is 1. The lowest BCUT2D eigenvalue weighted by Crippen LogP contribution is -2.39. The van der Waals surface area contributed by atoms with Crippen molar-refractivity contribution in [3.8, 4) is 0 Å². The molecule has 1 aliphatic carbocycles. The summed E-state index contributed by atoms with van der Waals surface area (Å²) in [6, 6.07) is 6.36. The van der Waals surface area contributed by atoms with Gasteiger partial charge in [-0.25, -0.2) is 9.97 Å². The van der Waals surface area contributed by atoms with Crippen LogP contribution in [0.3, 0.4) is 0 Å². The molecule has 0 spiro atoms. The van der Waals surface area contributed by atoms with Crippen molar-refractivity contribution >= 4 is 22.7 Å². The number of aryl methyl sites for hydroxylation is 2. The van der Waals surface area contributed by atoms with Crippen molar-refractivity contribution in [1.82, 2.24) is 14.9 Å². The Hall–Kier alpha value is -2.73. The second-order valence-electron chi connectivity index (χ2n) is 8.64. The normalized spacial score (nSPS) is 17.8. The van der Waals surface area contributed by atoms with E-state index in [-0.39, 0.29) is 5.91 Å². The smallest absolute Gasteiger partial charge is 0.239 e. The number of amides is 1. The summed E-state index contributed by atoms with van der Waals surface area (Å²) < 4.78 is 5.77. The molecule has 3 aromatic rings. The molecule has 1 aliphatic heterocycles. The summed E-state index contributed by atoms with van der Waals surface area (Å²) in [5.74, 6) is 1.21. The molecule has 156 valence electrons. The highest BCUT2D eigenvalue weighted by atomic mass is 16.3. The van der Waals surface area contributed by atoms with E-state index in [4.69, 9.17) is 4.42 Å². The molecule has 2 aromatic heterocycles. The zero-order valence-electron chi connectivity index (χ0n) is 17.5. The molecule has 6 heteroatoms. The van der Waals surface area contributed by atoms with Gasteiger partial charge in [-0.1, -0.05) is 11.6 Å². The number of fused-ring (bicyclic) bond motifs is 2. The van der Waals surface area contributed by atoms with E-state index in [2.05, 4.69) is 45.3 Å². The first-order chi connectivity index (χ1) is 14.7. The predicted octanol–water partition coefficient (Wildman–Crippen LogP) is 4.23. The maximum Gasteiger partial charge on any atom is 0.239 e. The molecule has 1 amide bonds. The van der Waals surface area contributed by atoms with E-state index < -0.39 is 0 Å². The van der Waals surface area contributed by atoms with E-state index in [1.165, 1.54) is 16.5 Å². The van der Waals surface area contributed by atoms with Crippen LogP contribution in [0.4, 0.5) is 5.82 Å². The van der Waals surface area contributed by atoms with Gasteiger partial charge in [-0.15, -0.1) is 0 Å². The number of rotatable bonds is 4. The topological polar surface area (TPSA) is 71.3 Å². The van der Waals surface area contributed by atoms with Crippen LogP contribution in [0.25, 0.3) is 11.0 Å². The number of aromatic nitrogens is 2. The fraction of sp³-hybridized carbons (Fsp3) is 0.458. The SMILES string of the molecule is Cc1ccc2occ(C3CCN(CC(=O)Nc4ncnc5c4CCCC5)CC3)c2c1. The molecule has 30 heavy (non-hydrogen) atoms. The van der Waals surface area contributed by atoms with Crippen molar-refractivity contribution in [2.45, 2.75) is 51.4 Å². The van der Waals surface area contributed by atoms with Gasteiger partial charge in [0.15, 0.2) is 0 Å². The molecule has 1 aromatic carbocycles. The van der Waals surface area contributed by atoms with Crippen molar-refractivity contribution in [2.75, 3.05) is 25.0 Å². The number of carbonyl (C=O) groups excluding carboxylic acids is 1. The minimum Gasteiger partial charge on any atom is -0.464 e. The maximum atomic E-state index is 12.7. The van der Waals surface area contributed by atoms with Crippen molar-refractivity contribution in [3.63, 3.8) is 0 Å². The molecular weight excluding hydrogens is 376 g/mol. The molecule has 1 fully saturated rings. The highest BCUT2D eigenvalue weighted by Gasteiger charge is 2.25. The van der Waals surface area contributed by atoms with Gasteiger partial charge in [0.25, 0.3) is 0 Å². The minimum atomic E-state index is 0.0179. The van der Waals surface area contributed by atoms with Crippen LogP contribution in [0.1, 0.15) is 54.0 Å². The molecule has 2 aliphatic rings. The number of nitrogens with one attached hydrogen (secondary N) is 1. The molecule has 0 radical (unpaired) electrons. The van der Waals surface area contributed by atoms with Crippen molar-refractivity contribution in [3.05, 3.63) is 53.2 Å². The second kappa shape index (κ2) is 8.19. The van der Waals surface area contributed by atoms with Crippen LogP contribution in [0, 0.1) is 6.92 Å². The van der Waals surface area contributed by atoms with E-state index in [0.29, 0.717) is 18.3 Å². The third-order valence-corrected chi connectivity index (χ3v) is 6.54. The average molecular weight is 405 g/mol. The molecule has 0 atom stereocenters. The Labute approximate surface area is 176 Å². The maximum absolute atomic E-state index is 12.7. The summed E-state index contributed by atoms with van der Waals surface area (Å²) in [5, 5.41) is 4.28. The van der Waals surface area contributed by atoms with Crippen LogP contribution in [-0.2, 0) is 17.6 Å². The number of hydrogen-bond donors (Lipinski definition) is 1. The Morgan fingerprint density at radius 3 is 2.90 bits per heavy atom. The van der Waals surface area contributed by atoms with Crippen molar-refractivity contribution < 1.29 is 9.21 Å². The molecule has 0 unspecified atom stereocenters. The Morgan fingerprint density at radius 1 is 1.20 bits per heavy atom. The fourth-order valence-electron chi connectivity index (χ4n) is 4.88. The molecule has 1 N–H and O–H groups in total. The van der Waals surface area contributed by atoms with Gasteiger partial charge in [-0.3, -0.25) is 9.69 Å². The number of likely N-dealkylation sites (tertiary alicyclic amines) is 1. The van der Waals surface area contributed by atoms with E-state index in [0.717, 1.165) is 68.5 Å². The first-order valence-corrected chi connectivity index (χ1v) is 11.0. The van der Waals surface area contributed by atoms with E-state index in [9.17, 15) is 4.79 Å². The summed E-state index contributed by atoms with van der Waals surface area (Å²) in [4.78, 5) is 23.6. The third-order valence-electron chi connectivity index (χ3n) is 6.54. The molecule has 6 nitrogen and oxygen atoms in total. The van der Waals surface area contributed by atoms with Gasteiger partial charge in [0, 0.05) is 22.2 Å². The van der Waals surface area contributed by atoms with Crippen LogP contribution in [0.15, 0.2) is 35.2 Å². The largest absolute Gasteiger partial charge is 0.464 e. The average Bonchev–Trinajstić information content (AvgIpc) is 3.17. The standard InChI is InChI=1S/C24H28N4O2/c1-16-6-7-22-19(12-16)20(14-30-22)17-8-10-28(11-9-17)13-23(29)27-24-18-4-2-3-5-21(18)25-15-26-24/h6-7,12,14-15,17H,2-5,8-11,13H2,1H3,(H,25,26,27,29). The van der Waals surface area contributed by atoms with Gasteiger partial charge in [0.2, 0.25) is 5.91 Å². The predicted molar refractivity (Wildman–Crippen MR) is 117 cm³/mol. The Morgan fingerprint density at radius 2 is 2.03 bits per heavy atom. The van der Waals surface area contributed by atoms with Crippen molar-refractivity contribution in [1.29, 1.82) is 0 Å². The van der Waals surface area contributed by atoms with Gasteiger partial charge in [-0.05, 0) is 76.6 Å². The van der Waals surface area contributed by atoms with E-state index >= 15 is 0 Å². The number of benzene rings is 1. The Kier molecular flexibility index (Phi) is 5.25. The number of nitrogens with zero attached hydrogens (tertiary/aromatic N) is 3. The van der Waals surface area contributed by atoms with Crippen LogP contribution >= 0.6 is 0 Å². The summed E-state index contributed by atoms with van der Waals surface area (Å²) in [6.45, 7) is 4.36. The van der Waals surface area contributed by atoms with Gasteiger partial charge in [-0.2, -0.15) is 0 Å². The third kappa shape index (κ3) is 3.84. The highest BCUT2D eigenvalue weighted by molar-refractivity contribution is 5.92. The lowest BCUT2D eigenvalue weighted by molar-refractivity contribution is -0.117. The lowest BCUT2D eigenvalue weighted by atomic mass is 9.89. The molecule has 1 saturated heterocycles. The van der Waals surface area contributed by atoms with E-state index in [1.807, 2.05) is 6.26 Å². The first kappa shape index (κ1) is 19.2. The molecular formula is C24H28N4O2. The number of piperidine rings is 1. The van der Waals surface area contributed by atoms with Crippen LogP contribution in [0.5, 0.6) is 0 Å². The van der Waals surface area contributed by atoms with Crippen LogP contribution in [0.2, 0.25) is 0 Å². The summed E-state index contributed by atoms with van der Waals surface area (Å²) in [6.07, 6.45) is 9.82.